The van der Waals surface area contributed by atoms with Crippen LogP contribution in [-0.2, 0) is 37.9 Å². The van der Waals surface area contributed by atoms with E-state index in [1.807, 2.05) is 30.3 Å². The van der Waals surface area contributed by atoms with E-state index in [4.69, 9.17) is 43.0 Å². The van der Waals surface area contributed by atoms with E-state index in [1.54, 1.807) is 7.11 Å². The normalized spacial score (nSPS) is 34.2. The molecule has 0 radical (unpaired) electrons. The molecule has 0 amide bonds. The van der Waals surface area contributed by atoms with Crippen molar-refractivity contribution in [2.24, 2.45) is 0 Å². The molecule has 3 saturated heterocycles. The average molecular weight is 498 g/mol. The van der Waals surface area contributed by atoms with Gasteiger partial charge in [-0.05, 0) is 6.42 Å². The number of methoxy groups -OCH3 is 1. The molecule has 0 bridgehead atoms. The standard InChI is InChI=1S/C25H39NO9/c1-28-25-23-22(21-20(34-25)18-33-24(35-21)19-6-3-2-4-7-19)31-16-14-29-12-9-26(8-5-11-27)10-13-30-15-17-32-23/h2-4,6-7,20-25,27H,5,8-18H2,1H3/t20-,21+,22+,23-,24?,25+/m1/s1. The van der Waals surface area contributed by atoms with E-state index >= 15 is 0 Å². The van der Waals surface area contributed by atoms with Crippen LogP contribution in [0.15, 0.2) is 30.3 Å². The second kappa shape index (κ2) is 14.5. The Bertz CT molecular complexity index is 711. The van der Waals surface area contributed by atoms with E-state index in [1.165, 1.54) is 0 Å². The monoisotopic (exact) mass is 497 g/mol. The Morgan fingerprint density at radius 2 is 1.57 bits per heavy atom. The van der Waals surface area contributed by atoms with Gasteiger partial charge in [0.25, 0.3) is 0 Å². The first-order chi connectivity index (χ1) is 17.3. The quantitative estimate of drug-likeness (QED) is 0.634. The number of hydrogen-bond acceptors (Lipinski definition) is 10. The third kappa shape index (κ3) is 7.65. The minimum absolute atomic E-state index is 0.172. The number of aliphatic hydroxyl groups excluding tert-OH is 1. The molecule has 3 aliphatic rings. The highest BCUT2D eigenvalue weighted by molar-refractivity contribution is 5.16. The number of hydrogen-bond donors (Lipinski definition) is 1. The summed E-state index contributed by atoms with van der Waals surface area (Å²) >= 11 is 0. The summed E-state index contributed by atoms with van der Waals surface area (Å²) in [4.78, 5) is 2.23. The molecule has 10 nitrogen and oxygen atoms in total. The van der Waals surface area contributed by atoms with Crippen LogP contribution in [0, 0.1) is 0 Å². The molecule has 3 fully saturated rings. The molecule has 198 valence electrons. The van der Waals surface area contributed by atoms with E-state index in [0.29, 0.717) is 46.2 Å². The molecule has 6 atom stereocenters. The Labute approximate surface area is 207 Å². The summed E-state index contributed by atoms with van der Waals surface area (Å²) in [5, 5.41) is 9.15. The van der Waals surface area contributed by atoms with Gasteiger partial charge in [0.1, 0.15) is 24.4 Å². The predicted molar refractivity (Wildman–Crippen MR) is 125 cm³/mol. The lowest BCUT2D eigenvalue weighted by molar-refractivity contribution is -0.368. The van der Waals surface area contributed by atoms with E-state index in [-0.39, 0.29) is 12.7 Å². The van der Waals surface area contributed by atoms with Crippen molar-refractivity contribution in [1.82, 2.24) is 4.90 Å². The molecule has 0 aliphatic carbocycles. The van der Waals surface area contributed by atoms with Gasteiger partial charge in [-0.15, -0.1) is 0 Å². The van der Waals surface area contributed by atoms with E-state index in [2.05, 4.69) is 4.90 Å². The first-order valence-corrected chi connectivity index (χ1v) is 12.5. The van der Waals surface area contributed by atoms with Crippen LogP contribution in [0.3, 0.4) is 0 Å². The summed E-state index contributed by atoms with van der Waals surface area (Å²) in [6.07, 6.45) is -2.06. The number of benzene rings is 1. The molecule has 10 heteroatoms. The van der Waals surface area contributed by atoms with Gasteiger partial charge in [-0.1, -0.05) is 30.3 Å². The van der Waals surface area contributed by atoms with Crippen LogP contribution in [0.4, 0.5) is 0 Å². The highest BCUT2D eigenvalue weighted by Crippen LogP contribution is 2.36. The first kappa shape index (κ1) is 26.9. The van der Waals surface area contributed by atoms with Gasteiger partial charge < -0.3 is 43.0 Å². The second-order valence-corrected chi connectivity index (χ2v) is 8.77. The van der Waals surface area contributed by atoms with Crippen molar-refractivity contribution in [3.63, 3.8) is 0 Å². The smallest absolute Gasteiger partial charge is 0.186 e. The Morgan fingerprint density at radius 3 is 2.26 bits per heavy atom. The Balaban J connectivity index is 1.42. The van der Waals surface area contributed by atoms with Gasteiger partial charge in [0.05, 0.1) is 46.2 Å². The zero-order chi connectivity index (χ0) is 24.3. The zero-order valence-corrected chi connectivity index (χ0v) is 20.5. The largest absolute Gasteiger partial charge is 0.396 e. The summed E-state index contributed by atoms with van der Waals surface area (Å²) < 4.78 is 48.3. The minimum Gasteiger partial charge on any atom is -0.396 e. The molecule has 1 aromatic rings. The molecule has 35 heavy (non-hydrogen) atoms. The summed E-state index contributed by atoms with van der Waals surface area (Å²) in [5.41, 5.74) is 0.942. The van der Waals surface area contributed by atoms with Crippen molar-refractivity contribution >= 4 is 0 Å². The van der Waals surface area contributed by atoms with Crippen molar-refractivity contribution in [3.8, 4) is 0 Å². The van der Waals surface area contributed by atoms with Gasteiger partial charge in [-0.25, -0.2) is 0 Å². The van der Waals surface area contributed by atoms with Crippen molar-refractivity contribution in [3.05, 3.63) is 35.9 Å². The maximum atomic E-state index is 9.15. The lowest BCUT2D eigenvalue weighted by atomic mass is 9.97. The van der Waals surface area contributed by atoms with Crippen LogP contribution in [-0.4, -0.2) is 120 Å². The molecule has 1 aromatic carbocycles. The van der Waals surface area contributed by atoms with Gasteiger partial charge >= 0.3 is 0 Å². The van der Waals surface area contributed by atoms with E-state index in [0.717, 1.165) is 31.6 Å². The van der Waals surface area contributed by atoms with Crippen molar-refractivity contribution in [2.75, 3.05) is 79.6 Å². The van der Waals surface area contributed by atoms with Crippen LogP contribution in [0.25, 0.3) is 0 Å². The SMILES string of the molecule is CO[C@H]1O[C@@H]2COC(c3ccccc3)O[C@@H]2[C@@H]2OCCOCCN(CCCO)CCOCCO[C@@H]12. The fourth-order valence-electron chi connectivity index (χ4n) is 4.59. The van der Waals surface area contributed by atoms with Gasteiger partial charge in [0.2, 0.25) is 0 Å². The Kier molecular flexibility index (Phi) is 11.2. The van der Waals surface area contributed by atoms with Gasteiger partial charge in [0, 0.05) is 38.9 Å². The Hall–Kier alpha value is -1.18. The van der Waals surface area contributed by atoms with Crippen LogP contribution in [0.5, 0.6) is 0 Å². The van der Waals surface area contributed by atoms with E-state index < -0.39 is 30.9 Å². The van der Waals surface area contributed by atoms with Gasteiger partial charge in [-0.2, -0.15) is 0 Å². The number of fused-ring (bicyclic) bond motifs is 3. The van der Waals surface area contributed by atoms with Crippen molar-refractivity contribution in [1.29, 1.82) is 0 Å². The number of nitrogens with zero attached hydrogens (tertiary/aromatic N) is 1. The van der Waals surface area contributed by atoms with Crippen LogP contribution in [0.2, 0.25) is 0 Å². The number of rotatable bonds is 5. The van der Waals surface area contributed by atoms with Crippen molar-refractivity contribution in [2.45, 2.75) is 43.4 Å². The zero-order valence-electron chi connectivity index (χ0n) is 20.5. The number of ether oxygens (including phenoxy) is 8. The lowest BCUT2D eigenvalue weighted by Crippen LogP contribution is -2.63. The summed E-state index contributed by atoms with van der Waals surface area (Å²) in [7, 11) is 1.60. The summed E-state index contributed by atoms with van der Waals surface area (Å²) in [6, 6.07) is 9.84. The molecule has 4 rings (SSSR count). The maximum Gasteiger partial charge on any atom is 0.186 e. The molecule has 1 unspecified atom stereocenters. The fourth-order valence-corrected chi connectivity index (χ4v) is 4.59. The highest BCUT2D eigenvalue weighted by Gasteiger charge is 2.51. The topological polar surface area (TPSA) is 97.3 Å². The third-order valence-corrected chi connectivity index (χ3v) is 6.40. The molecule has 0 aromatic heterocycles. The minimum atomic E-state index is -0.618. The summed E-state index contributed by atoms with van der Waals surface area (Å²) in [5.74, 6) is 0. The average Bonchev–Trinajstić information content (AvgIpc) is 2.91. The van der Waals surface area contributed by atoms with Crippen LogP contribution < -0.4 is 0 Å². The van der Waals surface area contributed by atoms with Gasteiger partial charge in [0.15, 0.2) is 12.6 Å². The first-order valence-electron chi connectivity index (χ1n) is 12.5. The molecule has 0 saturated carbocycles. The molecule has 3 aliphatic heterocycles. The number of aliphatic hydroxyl groups is 1. The second-order valence-electron chi connectivity index (χ2n) is 8.77. The van der Waals surface area contributed by atoms with Crippen molar-refractivity contribution < 1.29 is 43.0 Å². The van der Waals surface area contributed by atoms with E-state index in [9.17, 15) is 0 Å². The molecule has 0 spiro atoms. The maximum absolute atomic E-state index is 9.15. The predicted octanol–water partition coefficient (Wildman–Crippen LogP) is 0.974. The third-order valence-electron chi connectivity index (χ3n) is 6.40. The highest BCUT2D eigenvalue weighted by atomic mass is 16.8. The summed E-state index contributed by atoms with van der Waals surface area (Å²) in [6.45, 7) is 5.68. The van der Waals surface area contributed by atoms with Crippen LogP contribution in [0.1, 0.15) is 18.3 Å². The molecule has 3 heterocycles. The van der Waals surface area contributed by atoms with Crippen LogP contribution >= 0.6 is 0 Å². The fraction of sp³-hybridized carbons (Fsp3) is 0.760. The molecular weight excluding hydrogens is 458 g/mol. The molecule has 1 N–H and O–H groups in total. The molecular formula is C25H39NO9. The Morgan fingerprint density at radius 1 is 0.857 bits per heavy atom. The van der Waals surface area contributed by atoms with Gasteiger partial charge in [-0.3, -0.25) is 4.90 Å². The lowest BCUT2D eigenvalue weighted by Gasteiger charge is -2.48.